The largest absolute Gasteiger partial charge is 0.490 e. The number of allylic oxidation sites excluding steroid dienone is 2. The number of aliphatic carboxylic acids is 2. The molecule has 1 aliphatic heterocycles. The Balaban J connectivity index is 0.000000376. The Labute approximate surface area is 268 Å². The van der Waals surface area contributed by atoms with Gasteiger partial charge in [-0.1, -0.05) is 39.0 Å². The van der Waals surface area contributed by atoms with E-state index in [4.69, 9.17) is 35.3 Å². The summed E-state index contributed by atoms with van der Waals surface area (Å²) >= 11 is 0. The summed E-state index contributed by atoms with van der Waals surface area (Å²) in [5.74, 6) is -4.09. The molecule has 258 valence electrons. The molecule has 48 heavy (non-hydrogen) atoms. The summed E-state index contributed by atoms with van der Waals surface area (Å²) in [5.41, 5.74) is 9.15. The van der Waals surface area contributed by atoms with Gasteiger partial charge in [-0.05, 0) is 42.5 Å². The number of alkyl halides is 6. The number of halogens is 6. The number of carbonyl (C=O) groups is 3. The van der Waals surface area contributed by atoms with Gasteiger partial charge in [0.05, 0.1) is 23.0 Å². The first-order valence-corrected chi connectivity index (χ1v) is 13.9. The number of primary amides is 1. The minimum Gasteiger partial charge on any atom is -0.475 e. The predicted molar refractivity (Wildman–Crippen MR) is 159 cm³/mol. The fourth-order valence-electron chi connectivity index (χ4n) is 4.59. The molecule has 5 rings (SSSR count). The van der Waals surface area contributed by atoms with Gasteiger partial charge in [0.15, 0.2) is 0 Å². The number of imidazole rings is 1. The third-order valence-corrected chi connectivity index (χ3v) is 6.87. The zero-order valence-corrected chi connectivity index (χ0v) is 25.5. The molecule has 2 aliphatic rings. The quantitative estimate of drug-likeness (QED) is 0.148. The number of ether oxygens (including phenoxy) is 1. The summed E-state index contributed by atoms with van der Waals surface area (Å²) < 4.78 is 69.1. The Morgan fingerprint density at radius 1 is 0.979 bits per heavy atom. The van der Waals surface area contributed by atoms with E-state index in [1.54, 1.807) is 18.6 Å². The number of nitrogens with one attached hydrogen (secondary N) is 2. The molecule has 12 nitrogen and oxygen atoms in total. The maximum atomic E-state index is 11.8. The van der Waals surface area contributed by atoms with Gasteiger partial charge >= 0.3 is 30.4 Å². The van der Waals surface area contributed by atoms with Crippen molar-refractivity contribution >= 4 is 29.5 Å². The number of carboxylic acid groups (broad SMARTS) is 2. The third kappa shape index (κ3) is 9.10. The van der Waals surface area contributed by atoms with Crippen LogP contribution in [-0.4, -0.2) is 66.6 Å². The number of H-pyrrole nitrogens is 1. The molecule has 0 aromatic carbocycles. The maximum absolute atomic E-state index is 11.8. The molecule has 18 heteroatoms. The Morgan fingerprint density at radius 2 is 1.60 bits per heavy atom. The SMILES string of the molecule is CC(C)(C)CCC1(c2nc3c([nH]2)-c2ccncc2Nc2ncccc2-3)C=CC=CC1OC(N)=O.O=C(O)C(F)(F)F.O=C(O)C(F)(F)F. The summed E-state index contributed by atoms with van der Waals surface area (Å²) in [4.78, 5) is 47.2. The Bertz CT molecular complexity index is 1630. The number of pyridine rings is 2. The lowest BCUT2D eigenvalue weighted by Crippen LogP contribution is -2.43. The van der Waals surface area contributed by atoms with Crippen LogP contribution in [0.1, 0.15) is 39.4 Å². The highest BCUT2D eigenvalue weighted by Gasteiger charge is 2.45. The zero-order chi connectivity index (χ0) is 36.1. The minimum atomic E-state index is -5.08. The first kappa shape index (κ1) is 37.0. The number of fused-ring (bicyclic) bond motifs is 5. The second-order valence-electron chi connectivity index (χ2n) is 11.6. The van der Waals surface area contributed by atoms with Crippen LogP contribution in [0.25, 0.3) is 22.5 Å². The topological polar surface area (TPSA) is 193 Å². The number of aromatic nitrogens is 4. The molecule has 0 radical (unpaired) electrons. The molecule has 3 aromatic rings. The molecule has 0 spiro atoms. The molecule has 2 unspecified atom stereocenters. The van der Waals surface area contributed by atoms with E-state index in [0.717, 1.165) is 34.6 Å². The number of aromatic amines is 1. The van der Waals surface area contributed by atoms with E-state index >= 15 is 0 Å². The Morgan fingerprint density at radius 3 is 2.17 bits per heavy atom. The predicted octanol–water partition coefficient (Wildman–Crippen LogP) is 6.51. The van der Waals surface area contributed by atoms with Gasteiger partial charge in [-0.2, -0.15) is 26.3 Å². The highest BCUT2D eigenvalue weighted by molar-refractivity contribution is 5.94. The number of anilines is 2. The van der Waals surface area contributed by atoms with Crippen LogP contribution in [0.4, 0.5) is 42.6 Å². The molecule has 0 saturated carbocycles. The molecule has 3 aromatic heterocycles. The summed E-state index contributed by atoms with van der Waals surface area (Å²) in [6.07, 6.45) is 3.11. The zero-order valence-electron chi connectivity index (χ0n) is 25.5. The second kappa shape index (κ2) is 14.1. The number of carbonyl (C=O) groups excluding carboxylic acids is 1. The van der Waals surface area contributed by atoms with E-state index in [1.165, 1.54) is 0 Å². The average Bonchev–Trinajstić information content (AvgIpc) is 3.37. The molecule has 6 N–H and O–H groups in total. The fraction of sp³-hybridized carbons (Fsp3) is 0.333. The van der Waals surface area contributed by atoms with Gasteiger partial charge in [0.2, 0.25) is 0 Å². The number of hydrogen-bond donors (Lipinski definition) is 5. The van der Waals surface area contributed by atoms with Crippen molar-refractivity contribution < 1.29 is 55.7 Å². The van der Waals surface area contributed by atoms with Crippen LogP contribution in [0.3, 0.4) is 0 Å². The minimum absolute atomic E-state index is 0.0711. The number of carboxylic acids is 2. The second-order valence-corrected chi connectivity index (χ2v) is 11.6. The highest BCUT2D eigenvalue weighted by atomic mass is 19.4. The lowest BCUT2D eigenvalue weighted by molar-refractivity contribution is -0.193. The maximum Gasteiger partial charge on any atom is 0.490 e. The van der Waals surface area contributed by atoms with Crippen molar-refractivity contribution in [2.75, 3.05) is 5.32 Å². The van der Waals surface area contributed by atoms with Gasteiger partial charge in [0.1, 0.15) is 23.4 Å². The van der Waals surface area contributed by atoms with Gasteiger partial charge in [-0.25, -0.2) is 24.4 Å². The van der Waals surface area contributed by atoms with Crippen molar-refractivity contribution in [1.29, 1.82) is 0 Å². The standard InChI is InChI=1S/C26H28N6O2.2C2HF3O2/c1-25(2,3)11-12-26(10-5-4-8-19(26)34-24(27)33)23-31-20-16-9-14-28-15-18(16)30-22-17(21(20)32-23)7-6-13-29-22;2*3-2(4,5)1(6)7/h4-10,13-15,19H,11-12H2,1-3H3,(H2,27,33)(H,29,30)(H,31,32);2*(H,6,7). The van der Waals surface area contributed by atoms with Crippen LogP contribution in [0.2, 0.25) is 0 Å². The van der Waals surface area contributed by atoms with E-state index in [2.05, 4.69) is 47.1 Å². The van der Waals surface area contributed by atoms with Crippen molar-refractivity contribution in [2.24, 2.45) is 11.1 Å². The summed E-state index contributed by atoms with van der Waals surface area (Å²) in [7, 11) is 0. The molecule has 0 saturated heterocycles. The number of nitrogens with zero attached hydrogens (tertiary/aromatic N) is 3. The van der Waals surface area contributed by atoms with Crippen molar-refractivity contribution in [3.63, 3.8) is 0 Å². The lowest BCUT2D eigenvalue weighted by atomic mass is 9.71. The average molecular weight is 685 g/mol. The Hall–Kier alpha value is -5.42. The van der Waals surface area contributed by atoms with Gasteiger partial charge in [0, 0.05) is 23.5 Å². The number of nitrogens with two attached hydrogens (primary N) is 1. The summed E-state index contributed by atoms with van der Waals surface area (Å²) in [6.45, 7) is 6.59. The Kier molecular flexibility index (Phi) is 10.9. The molecule has 0 bridgehead atoms. The molecule has 0 fully saturated rings. The van der Waals surface area contributed by atoms with Crippen molar-refractivity contribution in [1.82, 2.24) is 19.9 Å². The van der Waals surface area contributed by atoms with Crippen molar-refractivity contribution in [2.45, 2.75) is 57.5 Å². The molecular formula is C30H30F6N6O6. The van der Waals surface area contributed by atoms with Crippen LogP contribution < -0.4 is 11.1 Å². The smallest absolute Gasteiger partial charge is 0.475 e. The first-order valence-electron chi connectivity index (χ1n) is 13.9. The molecule has 1 amide bonds. The third-order valence-electron chi connectivity index (χ3n) is 6.87. The summed E-state index contributed by atoms with van der Waals surface area (Å²) in [6, 6.07) is 5.84. The number of amides is 1. The number of hydrogen-bond acceptors (Lipinski definition) is 8. The van der Waals surface area contributed by atoms with Crippen LogP contribution in [0, 0.1) is 5.41 Å². The monoisotopic (exact) mass is 684 g/mol. The summed E-state index contributed by atoms with van der Waals surface area (Å²) in [5, 5.41) is 17.6. The van der Waals surface area contributed by atoms with Gasteiger partial charge in [-0.3, -0.25) is 4.98 Å². The van der Waals surface area contributed by atoms with E-state index in [0.29, 0.717) is 18.1 Å². The van der Waals surface area contributed by atoms with Gasteiger partial charge in [0.25, 0.3) is 0 Å². The van der Waals surface area contributed by atoms with E-state index in [1.807, 2.05) is 36.4 Å². The highest BCUT2D eigenvalue weighted by Crippen LogP contribution is 2.46. The molecular weight excluding hydrogens is 654 g/mol. The number of rotatable bonds is 4. The first-order chi connectivity index (χ1) is 22.2. The van der Waals surface area contributed by atoms with Crippen LogP contribution >= 0.6 is 0 Å². The normalized spacial score (nSPS) is 17.8. The van der Waals surface area contributed by atoms with E-state index in [-0.39, 0.29) is 5.41 Å². The van der Waals surface area contributed by atoms with Crippen LogP contribution in [-0.2, 0) is 19.7 Å². The van der Waals surface area contributed by atoms with Crippen molar-refractivity contribution in [3.05, 3.63) is 66.9 Å². The van der Waals surface area contributed by atoms with Crippen LogP contribution in [0.15, 0.2) is 61.1 Å². The van der Waals surface area contributed by atoms with Gasteiger partial charge in [-0.15, -0.1) is 0 Å². The van der Waals surface area contributed by atoms with E-state index in [9.17, 15) is 31.1 Å². The van der Waals surface area contributed by atoms with Crippen molar-refractivity contribution in [3.8, 4) is 22.5 Å². The molecule has 2 atom stereocenters. The fourth-order valence-corrected chi connectivity index (χ4v) is 4.59. The molecule has 4 heterocycles. The van der Waals surface area contributed by atoms with Crippen LogP contribution in [0.5, 0.6) is 0 Å². The van der Waals surface area contributed by atoms with E-state index < -0.39 is 41.9 Å². The molecule has 1 aliphatic carbocycles. The van der Waals surface area contributed by atoms with Gasteiger partial charge < -0.3 is 31.0 Å². The lowest BCUT2D eigenvalue weighted by Gasteiger charge is -2.37.